The van der Waals surface area contributed by atoms with Crippen LogP contribution in [-0.4, -0.2) is 40.0 Å². The first kappa shape index (κ1) is 32.4. The third kappa shape index (κ3) is 6.90. The predicted molar refractivity (Wildman–Crippen MR) is 187 cm³/mol. The highest BCUT2D eigenvalue weighted by Gasteiger charge is 2.24. The van der Waals surface area contributed by atoms with Gasteiger partial charge < -0.3 is 24.5 Å². The zero-order chi connectivity index (χ0) is 33.5. The molecule has 0 radical (unpaired) electrons. The van der Waals surface area contributed by atoms with E-state index in [2.05, 4.69) is 35.4 Å². The molecule has 2 N–H and O–H groups in total. The number of carbonyl (C=O) groups excluding carboxylic acids is 2. The summed E-state index contributed by atoms with van der Waals surface area (Å²) in [6, 6.07) is 29.8. The molecule has 9 heteroatoms. The standard InChI is InChI=1S/C39H40N4O5/c1-4-33-35(32(42-43(33)3)24-40-39(45)48-25-26-14-7-6-8-15-26)31-20-12-19-29-30(37(41-36(29)31)38(44)46-5-2)21-13-23-47-34-22-11-17-27-16-9-10-18-28(27)34/h6-12,14-20,22,41H,4-5,13,21,23-25H2,1-3H3,(H,40,45). The van der Waals surface area contributed by atoms with Gasteiger partial charge in [-0.2, -0.15) is 5.10 Å². The number of esters is 1. The molecule has 9 nitrogen and oxygen atoms in total. The summed E-state index contributed by atoms with van der Waals surface area (Å²) >= 11 is 0. The minimum atomic E-state index is -0.524. The molecule has 0 atom stereocenters. The molecule has 6 rings (SSSR count). The van der Waals surface area contributed by atoms with Crippen LogP contribution >= 0.6 is 0 Å². The monoisotopic (exact) mass is 644 g/mol. The summed E-state index contributed by atoms with van der Waals surface area (Å²) in [5.41, 5.74) is 6.58. The van der Waals surface area contributed by atoms with Gasteiger partial charge in [-0.3, -0.25) is 4.68 Å². The first-order chi connectivity index (χ1) is 23.5. The lowest BCUT2D eigenvalue weighted by Crippen LogP contribution is -2.24. The van der Waals surface area contributed by atoms with Crippen molar-refractivity contribution in [1.82, 2.24) is 20.1 Å². The molecule has 2 heterocycles. The van der Waals surface area contributed by atoms with E-state index in [4.69, 9.17) is 19.3 Å². The van der Waals surface area contributed by atoms with Crippen LogP contribution in [0.25, 0.3) is 32.8 Å². The fourth-order valence-electron chi connectivity index (χ4n) is 6.26. The quantitative estimate of drug-likeness (QED) is 0.0978. The van der Waals surface area contributed by atoms with Crippen molar-refractivity contribution in [2.24, 2.45) is 7.05 Å². The third-order valence-electron chi connectivity index (χ3n) is 8.45. The molecule has 1 amide bonds. The van der Waals surface area contributed by atoms with Crippen LogP contribution in [0.3, 0.4) is 0 Å². The van der Waals surface area contributed by atoms with Gasteiger partial charge in [0.1, 0.15) is 18.1 Å². The highest BCUT2D eigenvalue weighted by Crippen LogP contribution is 2.36. The molecule has 4 aromatic carbocycles. The van der Waals surface area contributed by atoms with Gasteiger partial charge in [0.15, 0.2) is 0 Å². The highest BCUT2D eigenvalue weighted by atomic mass is 16.5. The van der Waals surface area contributed by atoms with Crippen LogP contribution < -0.4 is 10.1 Å². The number of aromatic amines is 1. The molecular weight excluding hydrogens is 604 g/mol. The van der Waals surface area contributed by atoms with Gasteiger partial charge in [0.25, 0.3) is 0 Å². The first-order valence-corrected chi connectivity index (χ1v) is 16.4. The van der Waals surface area contributed by atoms with E-state index in [9.17, 15) is 9.59 Å². The maximum Gasteiger partial charge on any atom is 0.407 e. The molecule has 0 fully saturated rings. The molecule has 0 aliphatic carbocycles. The second-order valence-corrected chi connectivity index (χ2v) is 11.5. The lowest BCUT2D eigenvalue weighted by Gasteiger charge is -2.10. The van der Waals surface area contributed by atoms with Crippen molar-refractivity contribution in [3.05, 3.63) is 119 Å². The summed E-state index contributed by atoms with van der Waals surface area (Å²) < 4.78 is 19.0. The van der Waals surface area contributed by atoms with Crippen LogP contribution in [0.4, 0.5) is 4.79 Å². The van der Waals surface area contributed by atoms with Crippen molar-refractivity contribution in [2.75, 3.05) is 13.2 Å². The molecule has 0 aliphatic heterocycles. The molecule has 0 unspecified atom stereocenters. The number of para-hydroxylation sites is 1. The Kier molecular flexibility index (Phi) is 10.0. The smallest absolute Gasteiger partial charge is 0.407 e. The predicted octanol–water partition coefficient (Wildman–Crippen LogP) is 7.90. The van der Waals surface area contributed by atoms with Crippen LogP contribution in [0, 0.1) is 0 Å². The van der Waals surface area contributed by atoms with Crippen molar-refractivity contribution in [3.63, 3.8) is 0 Å². The Morgan fingerprint density at radius 2 is 1.62 bits per heavy atom. The molecule has 0 spiro atoms. The van der Waals surface area contributed by atoms with E-state index >= 15 is 0 Å². The highest BCUT2D eigenvalue weighted by molar-refractivity contribution is 6.04. The Bertz CT molecular complexity index is 2040. The van der Waals surface area contributed by atoms with E-state index in [0.717, 1.165) is 61.8 Å². The Balaban J connectivity index is 1.26. The number of amides is 1. The number of aromatic nitrogens is 3. The summed E-state index contributed by atoms with van der Waals surface area (Å²) in [5.74, 6) is 0.447. The number of alkyl carbamates (subject to hydrolysis) is 1. The minimum absolute atomic E-state index is 0.177. The number of rotatable bonds is 13. The molecule has 48 heavy (non-hydrogen) atoms. The summed E-state index contributed by atoms with van der Waals surface area (Å²) in [4.78, 5) is 29.3. The van der Waals surface area contributed by atoms with E-state index in [-0.39, 0.29) is 19.8 Å². The molecular formula is C39H40N4O5. The first-order valence-electron chi connectivity index (χ1n) is 16.4. The van der Waals surface area contributed by atoms with Gasteiger partial charge >= 0.3 is 12.1 Å². The lowest BCUT2D eigenvalue weighted by atomic mass is 9.97. The van der Waals surface area contributed by atoms with Gasteiger partial charge in [-0.05, 0) is 48.8 Å². The number of aryl methyl sites for hydroxylation is 2. The van der Waals surface area contributed by atoms with E-state index in [0.29, 0.717) is 30.8 Å². The van der Waals surface area contributed by atoms with Crippen LogP contribution in [0.5, 0.6) is 5.75 Å². The second kappa shape index (κ2) is 14.9. The number of ether oxygens (including phenoxy) is 3. The average Bonchev–Trinajstić information content (AvgIpc) is 3.65. The molecule has 2 aromatic heterocycles. The van der Waals surface area contributed by atoms with Crippen LogP contribution in [0.1, 0.15) is 53.3 Å². The van der Waals surface area contributed by atoms with E-state index in [1.807, 2.05) is 84.5 Å². The maximum absolute atomic E-state index is 13.3. The number of hydrogen-bond acceptors (Lipinski definition) is 6. The van der Waals surface area contributed by atoms with Crippen LogP contribution in [-0.2, 0) is 42.5 Å². The fraction of sp³-hybridized carbons (Fsp3) is 0.256. The van der Waals surface area contributed by atoms with E-state index in [1.54, 1.807) is 6.92 Å². The summed E-state index contributed by atoms with van der Waals surface area (Å²) in [5, 5.41) is 10.8. The number of fused-ring (bicyclic) bond motifs is 2. The summed E-state index contributed by atoms with van der Waals surface area (Å²) in [6.45, 7) is 4.99. The summed E-state index contributed by atoms with van der Waals surface area (Å²) in [7, 11) is 1.90. The Morgan fingerprint density at radius 3 is 2.44 bits per heavy atom. The molecule has 0 saturated carbocycles. The number of nitrogens with one attached hydrogen (secondary N) is 2. The number of hydrogen-bond donors (Lipinski definition) is 2. The van der Waals surface area contributed by atoms with Crippen molar-refractivity contribution >= 4 is 33.7 Å². The topological polar surface area (TPSA) is 107 Å². The minimum Gasteiger partial charge on any atom is -0.493 e. The third-order valence-corrected chi connectivity index (χ3v) is 8.45. The maximum atomic E-state index is 13.3. The van der Waals surface area contributed by atoms with Crippen LogP contribution in [0.2, 0.25) is 0 Å². The normalized spacial score (nSPS) is 11.1. The van der Waals surface area contributed by atoms with Gasteiger partial charge in [0.05, 0.1) is 31.0 Å². The van der Waals surface area contributed by atoms with Crippen LogP contribution in [0.15, 0.2) is 91.0 Å². The summed E-state index contributed by atoms with van der Waals surface area (Å²) in [6.07, 6.45) is 1.50. The fourth-order valence-corrected chi connectivity index (χ4v) is 6.26. The molecule has 246 valence electrons. The van der Waals surface area contributed by atoms with Crippen molar-refractivity contribution in [2.45, 2.75) is 46.3 Å². The van der Waals surface area contributed by atoms with E-state index in [1.165, 1.54) is 0 Å². The number of nitrogens with zero attached hydrogens (tertiary/aromatic N) is 2. The molecule has 0 saturated heterocycles. The van der Waals surface area contributed by atoms with Crippen molar-refractivity contribution in [3.8, 4) is 16.9 Å². The zero-order valence-electron chi connectivity index (χ0n) is 27.5. The largest absolute Gasteiger partial charge is 0.493 e. The Labute approximate surface area is 279 Å². The second-order valence-electron chi connectivity index (χ2n) is 11.5. The average molecular weight is 645 g/mol. The number of carbonyl (C=O) groups is 2. The Morgan fingerprint density at radius 1 is 0.875 bits per heavy atom. The number of H-pyrrole nitrogens is 1. The SMILES string of the molecule is CCOC(=O)c1[nH]c2c(-c3c(CNC(=O)OCc4ccccc4)nn(C)c3CC)cccc2c1CCCOc1cccc2ccccc12. The lowest BCUT2D eigenvalue weighted by molar-refractivity contribution is 0.0519. The van der Waals surface area contributed by atoms with Gasteiger partial charge in [-0.15, -0.1) is 0 Å². The molecule has 0 bridgehead atoms. The molecule has 0 aliphatic rings. The molecule has 6 aromatic rings. The number of benzene rings is 4. The van der Waals surface area contributed by atoms with Gasteiger partial charge in [-0.1, -0.05) is 91.9 Å². The van der Waals surface area contributed by atoms with Crippen molar-refractivity contribution in [1.29, 1.82) is 0 Å². The van der Waals surface area contributed by atoms with Gasteiger partial charge in [0, 0.05) is 34.6 Å². The zero-order valence-corrected chi connectivity index (χ0v) is 27.5. The Hall–Kier alpha value is -5.57. The van der Waals surface area contributed by atoms with Crippen molar-refractivity contribution < 1.29 is 23.8 Å². The van der Waals surface area contributed by atoms with Gasteiger partial charge in [0.2, 0.25) is 0 Å². The van der Waals surface area contributed by atoms with E-state index < -0.39 is 12.1 Å². The van der Waals surface area contributed by atoms with Gasteiger partial charge in [-0.25, -0.2) is 9.59 Å².